The molecule has 1 aromatic heterocycles. The Labute approximate surface area is 183 Å². The number of halogens is 2. The van der Waals surface area contributed by atoms with Gasteiger partial charge in [0.25, 0.3) is 5.91 Å². The Morgan fingerprint density at radius 2 is 1.78 bits per heavy atom. The Hall–Kier alpha value is -3.75. The van der Waals surface area contributed by atoms with E-state index < -0.39 is 12.5 Å². The lowest BCUT2D eigenvalue weighted by atomic mass is 9.93. The zero-order valence-electron chi connectivity index (χ0n) is 17.8. The van der Waals surface area contributed by atoms with Crippen LogP contribution in [0.4, 0.5) is 20.3 Å². The lowest BCUT2D eigenvalue weighted by molar-refractivity contribution is -0.115. The number of rotatable bonds is 7. The lowest BCUT2D eigenvalue weighted by Gasteiger charge is -2.12. The summed E-state index contributed by atoms with van der Waals surface area (Å²) in [5, 5.41) is 9.22. The number of anilines is 2. The van der Waals surface area contributed by atoms with Crippen LogP contribution in [0.3, 0.4) is 0 Å². The predicted octanol–water partition coefficient (Wildman–Crippen LogP) is 5.01. The number of hydrogen-bond donors (Lipinski definition) is 2. The molecule has 0 bridgehead atoms. The number of benzene rings is 2. The molecule has 32 heavy (non-hydrogen) atoms. The molecular weight excluding hydrogens is 420 g/mol. The van der Waals surface area contributed by atoms with E-state index in [-0.39, 0.29) is 29.1 Å². The van der Waals surface area contributed by atoms with Gasteiger partial charge < -0.3 is 19.9 Å². The second-order valence-electron chi connectivity index (χ2n) is 8.11. The summed E-state index contributed by atoms with van der Waals surface area (Å²) in [5.41, 5.74) is 1.18. The molecule has 0 aliphatic heterocycles. The molecule has 0 atom stereocenters. The van der Waals surface area contributed by atoms with Crippen LogP contribution in [0.1, 0.15) is 42.5 Å². The van der Waals surface area contributed by atoms with E-state index in [9.17, 15) is 18.4 Å². The summed E-state index contributed by atoms with van der Waals surface area (Å²) in [6, 6.07) is 13.9. The second kappa shape index (κ2) is 9.59. The quantitative estimate of drug-likeness (QED) is 0.536. The molecule has 9 heteroatoms. The molecular formula is C23H23F2N3O4. The van der Waals surface area contributed by atoms with Crippen LogP contribution in [0.2, 0.25) is 0 Å². The summed E-state index contributed by atoms with van der Waals surface area (Å²) >= 11 is 0. The van der Waals surface area contributed by atoms with Gasteiger partial charge in [-0.3, -0.25) is 9.59 Å². The Kier molecular flexibility index (Phi) is 6.87. The summed E-state index contributed by atoms with van der Waals surface area (Å²) in [5.74, 6) is 0.180. The van der Waals surface area contributed by atoms with Gasteiger partial charge in [-0.1, -0.05) is 44.1 Å². The Morgan fingerprint density at radius 3 is 2.41 bits per heavy atom. The first-order chi connectivity index (χ1) is 15.1. The van der Waals surface area contributed by atoms with Crippen molar-refractivity contribution in [3.63, 3.8) is 0 Å². The summed E-state index contributed by atoms with van der Waals surface area (Å²) in [6.07, 6.45) is 0.110. The van der Waals surface area contributed by atoms with Crippen molar-refractivity contribution in [2.24, 2.45) is 0 Å². The van der Waals surface area contributed by atoms with Crippen LogP contribution in [-0.2, 0) is 16.6 Å². The predicted molar refractivity (Wildman–Crippen MR) is 115 cm³/mol. The molecule has 0 aliphatic rings. The fourth-order valence-corrected chi connectivity index (χ4v) is 2.78. The number of nitrogens with one attached hydrogen (secondary N) is 2. The minimum atomic E-state index is -2.97. The maximum absolute atomic E-state index is 12.4. The smallest absolute Gasteiger partial charge is 0.387 e. The maximum Gasteiger partial charge on any atom is 0.387 e. The number of carbonyl (C=O) groups excluding carboxylic acids is 2. The minimum Gasteiger partial charge on any atom is -0.435 e. The third kappa shape index (κ3) is 6.37. The van der Waals surface area contributed by atoms with Crippen LogP contribution in [-0.4, -0.2) is 23.6 Å². The topological polar surface area (TPSA) is 93.5 Å². The van der Waals surface area contributed by atoms with Gasteiger partial charge in [0, 0.05) is 22.7 Å². The van der Waals surface area contributed by atoms with Crippen molar-refractivity contribution in [2.75, 3.05) is 10.6 Å². The number of aromatic nitrogens is 1. The van der Waals surface area contributed by atoms with Crippen molar-refractivity contribution < 1.29 is 27.6 Å². The highest BCUT2D eigenvalue weighted by molar-refractivity contribution is 6.04. The van der Waals surface area contributed by atoms with Gasteiger partial charge in [-0.15, -0.1) is 0 Å². The molecule has 2 N–H and O–H groups in total. The molecule has 3 rings (SSSR count). The van der Waals surface area contributed by atoms with Gasteiger partial charge in [0.1, 0.15) is 11.5 Å². The van der Waals surface area contributed by atoms with E-state index in [0.29, 0.717) is 17.3 Å². The van der Waals surface area contributed by atoms with Crippen LogP contribution in [0.5, 0.6) is 5.75 Å². The molecule has 0 saturated carbocycles. The average Bonchev–Trinajstić information content (AvgIpc) is 3.18. The highest BCUT2D eigenvalue weighted by atomic mass is 19.3. The first-order valence-electron chi connectivity index (χ1n) is 9.82. The maximum atomic E-state index is 12.4. The number of hydrogen-bond acceptors (Lipinski definition) is 5. The van der Waals surface area contributed by atoms with Crippen molar-refractivity contribution in [3.8, 4) is 5.75 Å². The van der Waals surface area contributed by atoms with E-state index in [2.05, 4.69) is 20.5 Å². The molecule has 0 aliphatic carbocycles. The molecule has 0 unspecified atom stereocenters. The highest BCUT2D eigenvalue weighted by Crippen LogP contribution is 2.24. The number of alkyl halides is 2. The van der Waals surface area contributed by atoms with Crippen molar-refractivity contribution in [1.82, 2.24) is 5.16 Å². The van der Waals surface area contributed by atoms with Crippen molar-refractivity contribution in [1.29, 1.82) is 0 Å². The summed E-state index contributed by atoms with van der Waals surface area (Å²) in [4.78, 5) is 24.6. The molecule has 2 amide bonds. The van der Waals surface area contributed by atoms with E-state index in [1.165, 1.54) is 24.3 Å². The fourth-order valence-electron chi connectivity index (χ4n) is 2.78. The SMILES string of the molecule is CC(C)(C)c1cc(NC(=O)Cc2ccc(NC(=O)c3cccc(OC(F)F)c3)cc2)no1. The van der Waals surface area contributed by atoms with Gasteiger partial charge in [0.2, 0.25) is 5.91 Å². The van der Waals surface area contributed by atoms with Crippen LogP contribution >= 0.6 is 0 Å². The standard InChI is InChI=1S/C23H23F2N3O4/c1-23(2,3)18-13-19(28-32-18)27-20(29)11-14-7-9-16(10-8-14)26-21(30)15-5-4-6-17(12-15)31-22(24)25/h4-10,12-13,22H,11H2,1-3H3,(H,26,30)(H,27,28,29). The first-order valence-corrected chi connectivity index (χ1v) is 9.82. The molecule has 0 spiro atoms. The van der Waals surface area contributed by atoms with Crippen LogP contribution in [0.25, 0.3) is 0 Å². The molecule has 168 valence electrons. The van der Waals surface area contributed by atoms with Gasteiger partial charge >= 0.3 is 6.61 Å². The monoisotopic (exact) mass is 443 g/mol. The van der Waals surface area contributed by atoms with E-state index in [0.717, 1.165) is 5.56 Å². The molecule has 0 radical (unpaired) electrons. The van der Waals surface area contributed by atoms with E-state index >= 15 is 0 Å². The number of amides is 2. The lowest BCUT2D eigenvalue weighted by Crippen LogP contribution is -2.15. The fraction of sp³-hybridized carbons (Fsp3) is 0.261. The third-order valence-corrected chi connectivity index (χ3v) is 4.41. The zero-order chi connectivity index (χ0) is 23.3. The summed E-state index contributed by atoms with van der Waals surface area (Å²) < 4.78 is 34.2. The minimum absolute atomic E-state index is 0.101. The molecule has 3 aromatic rings. The van der Waals surface area contributed by atoms with Crippen LogP contribution in [0.15, 0.2) is 59.1 Å². The molecule has 0 fully saturated rings. The Bertz CT molecular complexity index is 1090. The normalized spacial score (nSPS) is 11.3. The molecule has 1 heterocycles. The molecule has 2 aromatic carbocycles. The van der Waals surface area contributed by atoms with Gasteiger partial charge in [0.15, 0.2) is 5.82 Å². The first kappa shape index (κ1) is 22.9. The number of ether oxygens (including phenoxy) is 1. The van der Waals surface area contributed by atoms with Crippen molar-refractivity contribution >= 4 is 23.3 Å². The highest BCUT2D eigenvalue weighted by Gasteiger charge is 2.20. The second-order valence-corrected chi connectivity index (χ2v) is 8.11. The summed E-state index contributed by atoms with van der Waals surface area (Å²) in [7, 11) is 0. The summed E-state index contributed by atoms with van der Waals surface area (Å²) in [6.45, 7) is 2.97. The van der Waals surface area contributed by atoms with Gasteiger partial charge in [0.05, 0.1) is 6.42 Å². The van der Waals surface area contributed by atoms with Crippen molar-refractivity contribution in [2.45, 2.75) is 39.2 Å². The van der Waals surface area contributed by atoms with E-state index in [4.69, 9.17) is 4.52 Å². The molecule has 0 saturated heterocycles. The third-order valence-electron chi connectivity index (χ3n) is 4.41. The average molecular weight is 443 g/mol. The Balaban J connectivity index is 1.56. The Morgan fingerprint density at radius 1 is 1.06 bits per heavy atom. The zero-order valence-corrected chi connectivity index (χ0v) is 17.8. The number of carbonyl (C=O) groups is 2. The molecule has 7 nitrogen and oxygen atoms in total. The van der Waals surface area contributed by atoms with Crippen molar-refractivity contribution in [3.05, 3.63) is 71.5 Å². The van der Waals surface area contributed by atoms with E-state index in [1.807, 2.05) is 20.8 Å². The number of nitrogens with zero attached hydrogens (tertiary/aromatic N) is 1. The van der Waals surface area contributed by atoms with Gasteiger partial charge in [-0.25, -0.2) is 0 Å². The van der Waals surface area contributed by atoms with Gasteiger partial charge in [-0.05, 0) is 35.9 Å². The van der Waals surface area contributed by atoms with Crippen LogP contribution in [0, 0.1) is 0 Å². The largest absolute Gasteiger partial charge is 0.435 e. The van der Waals surface area contributed by atoms with E-state index in [1.54, 1.807) is 30.3 Å². The van der Waals surface area contributed by atoms with Gasteiger partial charge in [-0.2, -0.15) is 8.78 Å². The van der Waals surface area contributed by atoms with Crippen LogP contribution < -0.4 is 15.4 Å².